The fourth-order valence-corrected chi connectivity index (χ4v) is 1.35. The second kappa shape index (κ2) is 3.61. The highest BCUT2D eigenvalue weighted by Gasteiger charge is 2.22. The van der Waals surface area contributed by atoms with Crippen LogP contribution >= 0.6 is 0 Å². The molecule has 0 heterocycles. The first-order valence-electron chi connectivity index (χ1n) is 4.20. The van der Waals surface area contributed by atoms with Crippen LogP contribution in [0.2, 0.25) is 0 Å². The van der Waals surface area contributed by atoms with Crippen LogP contribution in [0.1, 0.15) is 39.0 Å². The Balaban J connectivity index is 1.97. The van der Waals surface area contributed by atoms with Crippen LogP contribution in [0.3, 0.4) is 0 Å². The van der Waals surface area contributed by atoms with E-state index >= 15 is 0 Å². The van der Waals surface area contributed by atoms with Crippen LogP contribution in [0, 0.1) is 23.2 Å². The zero-order valence-electron chi connectivity index (χ0n) is 6.64. The molecule has 10 heavy (non-hydrogen) atoms. The van der Waals surface area contributed by atoms with Crippen molar-refractivity contribution in [3.63, 3.8) is 0 Å². The van der Waals surface area contributed by atoms with Crippen LogP contribution in [0.5, 0.6) is 0 Å². The molecule has 1 atom stereocenters. The first-order valence-corrected chi connectivity index (χ1v) is 4.20. The molecule has 56 valence electrons. The molecule has 0 bridgehead atoms. The Labute approximate surface area is 63.0 Å². The molecule has 0 radical (unpaired) electrons. The summed E-state index contributed by atoms with van der Waals surface area (Å²) in [4.78, 5) is 0. The molecule has 1 fully saturated rings. The minimum Gasteiger partial charge on any atom is -0.198 e. The van der Waals surface area contributed by atoms with E-state index in [1.54, 1.807) is 0 Å². The highest BCUT2D eigenvalue weighted by atomic mass is 14.3. The standard InChI is InChI=1S/C9H15N/c1-8(3-2-6-10)7-9-4-5-9/h8-9H,2-5,7H2,1H3. The van der Waals surface area contributed by atoms with Gasteiger partial charge in [0.15, 0.2) is 0 Å². The fraction of sp³-hybridized carbons (Fsp3) is 0.889. The lowest BCUT2D eigenvalue weighted by Crippen LogP contribution is -1.94. The summed E-state index contributed by atoms with van der Waals surface area (Å²) in [6, 6.07) is 2.19. The second-order valence-electron chi connectivity index (χ2n) is 3.48. The van der Waals surface area contributed by atoms with Gasteiger partial charge in [0.05, 0.1) is 6.07 Å². The molecule has 0 amide bonds. The maximum Gasteiger partial charge on any atom is 0.0621 e. The Morgan fingerprint density at radius 2 is 2.30 bits per heavy atom. The molecular weight excluding hydrogens is 122 g/mol. The van der Waals surface area contributed by atoms with Crippen LogP contribution in [-0.2, 0) is 0 Å². The molecule has 0 saturated heterocycles. The molecule has 0 aliphatic heterocycles. The number of rotatable bonds is 4. The summed E-state index contributed by atoms with van der Waals surface area (Å²) < 4.78 is 0. The highest BCUT2D eigenvalue weighted by molar-refractivity contribution is 4.77. The van der Waals surface area contributed by atoms with Crippen LogP contribution in [0.15, 0.2) is 0 Å². The summed E-state index contributed by atoms with van der Waals surface area (Å²) in [7, 11) is 0. The lowest BCUT2D eigenvalue weighted by Gasteiger charge is -2.06. The SMILES string of the molecule is CC(CCC#N)CC1CC1. The van der Waals surface area contributed by atoms with Gasteiger partial charge < -0.3 is 0 Å². The molecule has 0 aromatic rings. The van der Waals surface area contributed by atoms with Crippen LogP contribution < -0.4 is 0 Å². The third-order valence-electron chi connectivity index (χ3n) is 2.18. The van der Waals surface area contributed by atoms with Gasteiger partial charge in [-0.2, -0.15) is 5.26 Å². The Morgan fingerprint density at radius 3 is 2.80 bits per heavy atom. The molecule has 1 unspecified atom stereocenters. The van der Waals surface area contributed by atoms with Crippen molar-refractivity contribution in [3.05, 3.63) is 0 Å². The Hall–Kier alpha value is -0.510. The Morgan fingerprint density at radius 1 is 1.60 bits per heavy atom. The van der Waals surface area contributed by atoms with Crippen molar-refractivity contribution < 1.29 is 0 Å². The number of nitrogens with zero attached hydrogens (tertiary/aromatic N) is 1. The second-order valence-corrected chi connectivity index (χ2v) is 3.48. The lowest BCUT2D eigenvalue weighted by atomic mass is 9.99. The minimum absolute atomic E-state index is 0.744. The maximum absolute atomic E-state index is 8.31. The first-order chi connectivity index (χ1) is 4.83. The predicted octanol–water partition coefficient (Wildman–Crippen LogP) is 2.73. The van der Waals surface area contributed by atoms with Gasteiger partial charge in [0.2, 0.25) is 0 Å². The van der Waals surface area contributed by atoms with Gasteiger partial charge in [-0.1, -0.05) is 19.8 Å². The predicted molar refractivity (Wildman–Crippen MR) is 41.4 cm³/mol. The van der Waals surface area contributed by atoms with Crippen LogP contribution in [-0.4, -0.2) is 0 Å². The number of hydrogen-bond donors (Lipinski definition) is 0. The smallest absolute Gasteiger partial charge is 0.0621 e. The molecule has 1 saturated carbocycles. The van der Waals surface area contributed by atoms with Gasteiger partial charge in [-0.15, -0.1) is 0 Å². The van der Waals surface area contributed by atoms with E-state index in [-0.39, 0.29) is 0 Å². The quantitative estimate of drug-likeness (QED) is 0.584. The molecular formula is C9H15N. The third kappa shape index (κ3) is 2.87. The average Bonchev–Trinajstić information content (AvgIpc) is 2.67. The van der Waals surface area contributed by atoms with Gasteiger partial charge in [0.1, 0.15) is 0 Å². The van der Waals surface area contributed by atoms with Gasteiger partial charge in [0, 0.05) is 6.42 Å². The molecule has 0 aromatic heterocycles. The van der Waals surface area contributed by atoms with Crippen molar-refractivity contribution in [1.29, 1.82) is 5.26 Å². The van der Waals surface area contributed by atoms with Crippen LogP contribution in [0.4, 0.5) is 0 Å². The van der Waals surface area contributed by atoms with Gasteiger partial charge in [0.25, 0.3) is 0 Å². The van der Waals surface area contributed by atoms with Crippen molar-refractivity contribution in [2.45, 2.75) is 39.0 Å². The van der Waals surface area contributed by atoms with Gasteiger partial charge in [-0.3, -0.25) is 0 Å². The molecule has 1 rings (SSSR count). The lowest BCUT2D eigenvalue weighted by molar-refractivity contribution is 0.468. The fourth-order valence-electron chi connectivity index (χ4n) is 1.35. The van der Waals surface area contributed by atoms with E-state index < -0.39 is 0 Å². The van der Waals surface area contributed by atoms with Gasteiger partial charge in [-0.25, -0.2) is 0 Å². The highest BCUT2D eigenvalue weighted by Crippen LogP contribution is 2.36. The summed E-state index contributed by atoms with van der Waals surface area (Å²) in [6.45, 7) is 2.26. The van der Waals surface area contributed by atoms with E-state index in [4.69, 9.17) is 5.26 Å². The Bertz CT molecular complexity index is 130. The van der Waals surface area contributed by atoms with Gasteiger partial charge >= 0.3 is 0 Å². The molecule has 0 spiro atoms. The molecule has 1 nitrogen and oxygen atoms in total. The minimum atomic E-state index is 0.744. The molecule has 1 aliphatic rings. The average molecular weight is 137 g/mol. The largest absolute Gasteiger partial charge is 0.198 e. The first kappa shape index (κ1) is 7.60. The topological polar surface area (TPSA) is 23.8 Å². The number of nitriles is 1. The monoisotopic (exact) mass is 137 g/mol. The van der Waals surface area contributed by atoms with E-state index in [1.807, 2.05) is 0 Å². The van der Waals surface area contributed by atoms with E-state index in [0.717, 1.165) is 24.7 Å². The normalized spacial score (nSPS) is 20.0. The maximum atomic E-state index is 8.31. The van der Waals surface area contributed by atoms with E-state index in [9.17, 15) is 0 Å². The van der Waals surface area contributed by atoms with Crippen molar-refractivity contribution in [1.82, 2.24) is 0 Å². The summed E-state index contributed by atoms with van der Waals surface area (Å²) in [5, 5.41) is 8.31. The van der Waals surface area contributed by atoms with E-state index in [1.165, 1.54) is 19.3 Å². The zero-order valence-corrected chi connectivity index (χ0v) is 6.64. The Kier molecular flexibility index (Phi) is 2.74. The van der Waals surface area contributed by atoms with Crippen molar-refractivity contribution in [3.8, 4) is 6.07 Å². The molecule has 1 aliphatic carbocycles. The van der Waals surface area contributed by atoms with Crippen molar-refractivity contribution >= 4 is 0 Å². The van der Waals surface area contributed by atoms with Crippen molar-refractivity contribution in [2.75, 3.05) is 0 Å². The third-order valence-corrected chi connectivity index (χ3v) is 2.18. The van der Waals surface area contributed by atoms with E-state index in [0.29, 0.717) is 0 Å². The summed E-state index contributed by atoms with van der Waals surface area (Å²) in [6.07, 6.45) is 6.09. The zero-order chi connectivity index (χ0) is 7.40. The molecule has 0 N–H and O–H groups in total. The molecule has 1 heteroatoms. The van der Waals surface area contributed by atoms with Crippen LogP contribution in [0.25, 0.3) is 0 Å². The van der Waals surface area contributed by atoms with Crippen molar-refractivity contribution in [2.24, 2.45) is 11.8 Å². The van der Waals surface area contributed by atoms with E-state index in [2.05, 4.69) is 13.0 Å². The van der Waals surface area contributed by atoms with Gasteiger partial charge in [-0.05, 0) is 24.7 Å². The summed E-state index contributed by atoms with van der Waals surface area (Å²) in [5.41, 5.74) is 0. The summed E-state index contributed by atoms with van der Waals surface area (Å²) in [5.74, 6) is 1.81. The number of hydrogen-bond acceptors (Lipinski definition) is 1. The molecule has 0 aromatic carbocycles. The summed E-state index contributed by atoms with van der Waals surface area (Å²) >= 11 is 0.